The van der Waals surface area contributed by atoms with Gasteiger partial charge in [-0.05, 0) is 21.9 Å². The average Bonchev–Trinajstić information content (AvgIpc) is 2.43. The minimum atomic E-state index is 0.307. The predicted octanol–water partition coefficient (Wildman–Crippen LogP) is 2.51. The van der Waals surface area contributed by atoms with Crippen molar-refractivity contribution in [1.29, 1.82) is 0 Å². The van der Waals surface area contributed by atoms with Crippen LogP contribution < -0.4 is 0 Å². The van der Waals surface area contributed by atoms with Gasteiger partial charge in [0.2, 0.25) is 12.2 Å². The van der Waals surface area contributed by atoms with Crippen LogP contribution in [-0.4, -0.2) is 12.2 Å². The Morgan fingerprint density at radius 3 is 1.61 bits per heavy atom. The van der Waals surface area contributed by atoms with E-state index in [2.05, 4.69) is 9.98 Å². The van der Waals surface area contributed by atoms with Crippen molar-refractivity contribution in [2.75, 3.05) is 0 Å². The molecule has 0 heterocycles. The zero-order valence-electron chi connectivity index (χ0n) is 9.59. The molecule has 0 aromatic heterocycles. The lowest BCUT2D eigenvalue weighted by Crippen LogP contribution is -1.90. The first-order chi connectivity index (χ1) is 8.86. The van der Waals surface area contributed by atoms with E-state index in [1.165, 1.54) is 12.2 Å². The van der Waals surface area contributed by atoms with E-state index in [0.29, 0.717) is 13.1 Å². The highest BCUT2D eigenvalue weighted by molar-refractivity contribution is 5.88. The second-order valence-electron chi connectivity index (χ2n) is 3.74. The van der Waals surface area contributed by atoms with Gasteiger partial charge in [0.15, 0.2) is 0 Å². The highest BCUT2D eigenvalue weighted by atomic mass is 16.1. The molecule has 4 nitrogen and oxygen atoms in total. The van der Waals surface area contributed by atoms with Crippen LogP contribution in [0.25, 0.3) is 10.8 Å². The standard InChI is InChI=1S/C14H10N2O2/c17-9-15-7-11-5-6-12(8-16-10-18)14-4-2-1-3-13(11)14/h1-6H,7-8H2. The smallest absolute Gasteiger partial charge is 0.211 e. The summed E-state index contributed by atoms with van der Waals surface area (Å²) in [4.78, 5) is 27.5. The molecule has 0 unspecified atom stereocenters. The van der Waals surface area contributed by atoms with Crippen molar-refractivity contribution in [2.45, 2.75) is 13.1 Å². The van der Waals surface area contributed by atoms with Crippen molar-refractivity contribution in [3.8, 4) is 0 Å². The summed E-state index contributed by atoms with van der Waals surface area (Å²) in [7, 11) is 0. The number of aliphatic imine (C=N–C) groups is 2. The monoisotopic (exact) mass is 238 g/mol. The number of carbonyl (C=O) groups excluding carboxylic acids is 2. The lowest BCUT2D eigenvalue weighted by molar-refractivity contribution is 0.562. The van der Waals surface area contributed by atoms with Gasteiger partial charge in [0.05, 0.1) is 13.1 Å². The molecule has 0 aliphatic heterocycles. The van der Waals surface area contributed by atoms with Gasteiger partial charge in [0.1, 0.15) is 0 Å². The molecule has 0 atom stereocenters. The van der Waals surface area contributed by atoms with Crippen molar-refractivity contribution in [3.05, 3.63) is 47.5 Å². The summed E-state index contributed by atoms with van der Waals surface area (Å²) >= 11 is 0. The summed E-state index contributed by atoms with van der Waals surface area (Å²) in [6, 6.07) is 11.5. The van der Waals surface area contributed by atoms with Crippen LogP contribution in [0.1, 0.15) is 11.1 Å². The van der Waals surface area contributed by atoms with Gasteiger partial charge in [-0.25, -0.2) is 19.6 Å². The molecule has 2 rings (SSSR count). The van der Waals surface area contributed by atoms with Gasteiger partial charge in [0.25, 0.3) is 0 Å². The van der Waals surface area contributed by atoms with Crippen LogP contribution in [0, 0.1) is 0 Å². The summed E-state index contributed by atoms with van der Waals surface area (Å²) < 4.78 is 0. The summed E-state index contributed by atoms with van der Waals surface area (Å²) in [5, 5.41) is 2.02. The summed E-state index contributed by atoms with van der Waals surface area (Å²) in [6.45, 7) is 0.614. The van der Waals surface area contributed by atoms with E-state index in [9.17, 15) is 9.59 Å². The molecule has 0 saturated heterocycles. The molecule has 0 aliphatic rings. The first kappa shape index (κ1) is 11.9. The van der Waals surface area contributed by atoms with Crippen molar-refractivity contribution >= 4 is 22.9 Å². The average molecular weight is 238 g/mol. The van der Waals surface area contributed by atoms with E-state index in [-0.39, 0.29) is 0 Å². The number of hydrogen-bond acceptors (Lipinski definition) is 4. The summed E-state index contributed by atoms with van der Waals surface area (Å²) in [5.41, 5.74) is 1.90. The SMILES string of the molecule is O=C=NCc1ccc(CN=C=O)c2ccccc12. The van der Waals surface area contributed by atoms with Gasteiger partial charge in [0, 0.05) is 0 Å². The highest BCUT2D eigenvalue weighted by Crippen LogP contribution is 2.24. The number of nitrogens with zero attached hydrogens (tertiary/aromatic N) is 2. The quantitative estimate of drug-likeness (QED) is 0.607. The third kappa shape index (κ3) is 2.41. The zero-order valence-corrected chi connectivity index (χ0v) is 9.59. The molecule has 0 saturated carbocycles. The molecule has 0 radical (unpaired) electrons. The molecule has 4 heteroatoms. The lowest BCUT2D eigenvalue weighted by Gasteiger charge is -2.07. The molecule has 2 aromatic carbocycles. The molecule has 0 N–H and O–H groups in total. The van der Waals surface area contributed by atoms with E-state index >= 15 is 0 Å². The van der Waals surface area contributed by atoms with Crippen LogP contribution >= 0.6 is 0 Å². The maximum absolute atomic E-state index is 10.2. The van der Waals surface area contributed by atoms with E-state index < -0.39 is 0 Å². The van der Waals surface area contributed by atoms with E-state index in [1.54, 1.807) is 0 Å². The highest BCUT2D eigenvalue weighted by Gasteiger charge is 2.04. The Hall–Kier alpha value is -2.54. The molecular weight excluding hydrogens is 228 g/mol. The van der Waals surface area contributed by atoms with E-state index in [0.717, 1.165) is 21.9 Å². The number of fused-ring (bicyclic) bond motifs is 1. The van der Waals surface area contributed by atoms with Crippen molar-refractivity contribution in [3.63, 3.8) is 0 Å². The third-order valence-corrected chi connectivity index (χ3v) is 2.73. The van der Waals surface area contributed by atoms with Gasteiger partial charge >= 0.3 is 0 Å². The first-order valence-electron chi connectivity index (χ1n) is 5.43. The Kier molecular flexibility index (Phi) is 3.77. The maximum Gasteiger partial charge on any atom is 0.235 e. The Morgan fingerprint density at radius 2 is 1.22 bits per heavy atom. The molecule has 0 amide bonds. The Morgan fingerprint density at radius 1 is 0.778 bits per heavy atom. The van der Waals surface area contributed by atoms with Gasteiger partial charge in [-0.1, -0.05) is 36.4 Å². The number of rotatable bonds is 4. The van der Waals surface area contributed by atoms with E-state index in [1.807, 2.05) is 36.4 Å². The molecule has 0 aliphatic carbocycles. The molecule has 2 aromatic rings. The molecule has 0 fully saturated rings. The van der Waals surface area contributed by atoms with Crippen molar-refractivity contribution < 1.29 is 9.59 Å². The van der Waals surface area contributed by atoms with Crippen molar-refractivity contribution in [1.82, 2.24) is 0 Å². The van der Waals surface area contributed by atoms with Crippen LogP contribution in [0.15, 0.2) is 46.4 Å². The van der Waals surface area contributed by atoms with Gasteiger partial charge in [-0.2, -0.15) is 0 Å². The third-order valence-electron chi connectivity index (χ3n) is 2.73. The second-order valence-corrected chi connectivity index (χ2v) is 3.74. The normalized spacial score (nSPS) is 9.56. The molecule has 0 spiro atoms. The summed E-state index contributed by atoms with van der Waals surface area (Å²) in [6.07, 6.45) is 3.07. The van der Waals surface area contributed by atoms with E-state index in [4.69, 9.17) is 0 Å². The topological polar surface area (TPSA) is 58.9 Å². The molecule has 88 valence electrons. The fourth-order valence-corrected chi connectivity index (χ4v) is 1.93. The van der Waals surface area contributed by atoms with Crippen LogP contribution in [0.3, 0.4) is 0 Å². The Balaban J connectivity index is 2.57. The van der Waals surface area contributed by atoms with Crippen LogP contribution in [0.5, 0.6) is 0 Å². The van der Waals surface area contributed by atoms with Crippen molar-refractivity contribution in [2.24, 2.45) is 9.98 Å². The number of benzene rings is 2. The Labute approximate surface area is 104 Å². The minimum Gasteiger partial charge on any atom is -0.211 e. The minimum absolute atomic E-state index is 0.307. The number of hydrogen-bond donors (Lipinski definition) is 0. The van der Waals surface area contributed by atoms with Gasteiger partial charge in [-0.3, -0.25) is 0 Å². The molecule has 0 bridgehead atoms. The Bertz CT molecular complexity index is 608. The fourth-order valence-electron chi connectivity index (χ4n) is 1.93. The van der Waals surface area contributed by atoms with Gasteiger partial charge < -0.3 is 0 Å². The maximum atomic E-state index is 10.2. The molecule has 18 heavy (non-hydrogen) atoms. The van der Waals surface area contributed by atoms with Gasteiger partial charge in [-0.15, -0.1) is 0 Å². The molecular formula is C14H10N2O2. The predicted molar refractivity (Wildman–Crippen MR) is 67.6 cm³/mol. The fraction of sp³-hybridized carbons (Fsp3) is 0.143. The number of isocyanates is 2. The van der Waals surface area contributed by atoms with Crippen LogP contribution in [-0.2, 0) is 22.7 Å². The zero-order chi connectivity index (χ0) is 12.8. The summed E-state index contributed by atoms with van der Waals surface area (Å²) in [5.74, 6) is 0. The van der Waals surface area contributed by atoms with Crippen LogP contribution in [0.4, 0.5) is 0 Å². The second kappa shape index (κ2) is 5.69. The lowest BCUT2D eigenvalue weighted by atomic mass is 9.99. The van der Waals surface area contributed by atoms with Crippen LogP contribution in [0.2, 0.25) is 0 Å². The first-order valence-corrected chi connectivity index (χ1v) is 5.43. The largest absolute Gasteiger partial charge is 0.235 e.